The zero-order chi connectivity index (χ0) is 15.4. The van der Waals surface area contributed by atoms with Crippen molar-refractivity contribution >= 4 is 32.8 Å². The summed E-state index contributed by atoms with van der Waals surface area (Å²) in [5.41, 5.74) is 0.786. The van der Waals surface area contributed by atoms with Gasteiger partial charge in [0.15, 0.2) is 5.76 Å². The van der Waals surface area contributed by atoms with E-state index >= 15 is 0 Å². The molecule has 1 amide bonds. The van der Waals surface area contributed by atoms with E-state index in [0.29, 0.717) is 24.4 Å². The van der Waals surface area contributed by atoms with Crippen molar-refractivity contribution in [1.82, 2.24) is 4.90 Å². The number of likely N-dealkylation sites (tertiary alicyclic amines) is 1. The molecule has 1 fully saturated rings. The first-order valence-electron chi connectivity index (χ1n) is 7.02. The number of halogens is 1. The predicted molar refractivity (Wildman–Crippen MR) is 84.3 cm³/mol. The van der Waals surface area contributed by atoms with E-state index < -0.39 is 5.60 Å². The number of hydrogen-bond donors (Lipinski definition) is 1. The lowest BCUT2D eigenvalue weighted by molar-refractivity contribution is -0.111. The highest BCUT2D eigenvalue weighted by Gasteiger charge is 2.46. The molecule has 0 unspecified atom stereocenters. The van der Waals surface area contributed by atoms with Gasteiger partial charge in [-0.25, -0.2) is 0 Å². The van der Waals surface area contributed by atoms with Gasteiger partial charge in [-0.1, -0.05) is 29.8 Å². The van der Waals surface area contributed by atoms with Crippen LogP contribution in [0.1, 0.15) is 30.0 Å². The van der Waals surface area contributed by atoms with Crippen molar-refractivity contribution in [1.29, 1.82) is 0 Å². The number of aryl methyl sites for hydroxylation is 1. The van der Waals surface area contributed by atoms with Crippen molar-refractivity contribution in [3.63, 3.8) is 0 Å². The summed E-state index contributed by atoms with van der Waals surface area (Å²) >= 11 is 3.43. The molecule has 112 valence electrons. The fourth-order valence-corrected chi connectivity index (χ4v) is 3.03. The number of β-amino-alcohol motifs (C(OH)–C–C–N with tert-alkyl or cyclic N) is 1. The van der Waals surface area contributed by atoms with Crippen LogP contribution in [-0.4, -0.2) is 34.6 Å². The molecule has 1 aliphatic heterocycles. The van der Waals surface area contributed by atoms with Gasteiger partial charge in [0.05, 0.1) is 13.1 Å². The Hall–Kier alpha value is -1.33. The molecule has 1 aromatic carbocycles. The van der Waals surface area contributed by atoms with Crippen molar-refractivity contribution in [3.05, 3.63) is 34.0 Å². The highest BCUT2D eigenvalue weighted by molar-refractivity contribution is 9.10. The molecular formula is C16H18BrNO3. The number of carbonyl (C=O) groups is 1. The molecule has 1 N–H and O–H groups in total. The average Bonchev–Trinajstić information content (AvgIpc) is 2.71. The third-order valence-corrected chi connectivity index (χ3v) is 4.88. The van der Waals surface area contributed by atoms with E-state index in [9.17, 15) is 9.90 Å². The van der Waals surface area contributed by atoms with Crippen LogP contribution in [0.25, 0.3) is 11.0 Å². The van der Waals surface area contributed by atoms with Crippen LogP contribution in [-0.2, 0) is 0 Å². The zero-order valence-corrected chi connectivity index (χ0v) is 13.9. The number of hydrogen-bond acceptors (Lipinski definition) is 3. The Balaban J connectivity index is 1.88. The van der Waals surface area contributed by atoms with Gasteiger partial charge in [0, 0.05) is 15.4 Å². The van der Waals surface area contributed by atoms with Crippen LogP contribution >= 0.6 is 15.9 Å². The van der Waals surface area contributed by atoms with Crippen LogP contribution in [0.15, 0.2) is 27.1 Å². The molecule has 2 heterocycles. The van der Waals surface area contributed by atoms with E-state index in [-0.39, 0.29) is 11.8 Å². The van der Waals surface area contributed by atoms with Gasteiger partial charge in [0.2, 0.25) is 0 Å². The summed E-state index contributed by atoms with van der Waals surface area (Å²) in [5.74, 6) is 0.355. The Morgan fingerprint density at radius 1 is 1.43 bits per heavy atom. The molecule has 1 saturated heterocycles. The normalized spacial score (nSPS) is 17.3. The third kappa shape index (κ3) is 2.28. The lowest BCUT2D eigenvalue weighted by Crippen LogP contribution is -2.65. The Kier molecular flexibility index (Phi) is 3.37. The Bertz CT molecular complexity index is 714. The smallest absolute Gasteiger partial charge is 0.290 e. The Labute approximate surface area is 131 Å². The topological polar surface area (TPSA) is 53.7 Å². The summed E-state index contributed by atoms with van der Waals surface area (Å²) in [6.45, 7) is 6.55. The molecule has 3 rings (SSSR count). The average molecular weight is 352 g/mol. The summed E-state index contributed by atoms with van der Waals surface area (Å²) in [7, 11) is 0. The van der Waals surface area contributed by atoms with E-state index in [0.717, 1.165) is 15.4 Å². The largest absolute Gasteiger partial charge is 0.451 e. The van der Waals surface area contributed by atoms with Crippen LogP contribution in [0, 0.1) is 12.8 Å². The second-order valence-electron chi connectivity index (χ2n) is 6.12. The number of benzene rings is 1. The summed E-state index contributed by atoms with van der Waals surface area (Å²) in [6.07, 6.45) is 0. The van der Waals surface area contributed by atoms with Crippen LogP contribution in [0.2, 0.25) is 0 Å². The molecule has 0 bridgehead atoms. The fraction of sp³-hybridized carbons (Fsp3) is 0.438. The molecule has 0 atom stereocenters. The van der Waals surface area contributed by atoms with E-state index in [1.807, 2.05) is 39.0 Å². The van der Waals surface area contributed by atoms with Gasteiger partial charge < -0.3 is 14.4 Å². The summed E-state index contributed by atoms with van der Waals surface area (Å²) in [4.78, 5) is 14.2. The molecule has 1 aliphatic rings. The van der Waals surface area contributed by atoms with Crippen molar-refractivity contribution in [3.8, 4) is 0 Å². The Morgan fingerprint density at radius 3 is 2.71 bits per heavy atom. The quantitative estimate of drug-likeness (QED) is 0.902. The minimum Gasteiger partial charge on any atom is -0.451 e. The molecule has 21 heavy (non-hydrogen) atoms. The van der Waals surface area contributed by atoms with Gasteiger partial charge in [-0.15, -0.1) is 0 Å². The number of amides is 1. The van der Waals surface area contributed by atoms with E-state index in [1.165, 1.54) is 0 Å². The summed E-state index contributed by atoms with van der Waals surface area (Å²) in [6, 6.07) is 5.69. The summed E-state index contributed by atoms with van der Waals surface area (Å²) in [5, 5.41) is 11.2. The maximum Gasteiger partial charge on any atom is 0.290 e. The van der Waals surface area contributed by atoms with Crippen molar-refractivity contribution in [2.24, 2.45) is 5.92 Å². The summed E-state index contributed by atoms with van der Waals surface area (Å²) < 4.78 is 6.66. The maximum absolute atomic E-state index is 12.5. The van der Waals surface area contributed by atoms with Crippen molar-refractivity contribution < 1.29 is 14.3 Å². The number of furan rings is 1. The highest BCUT2D eigenvalue weighted by atomic mass is 79.9. The SMILES string of the molecule is Cc1c(C(=O)N2CC(O)(C(C)C)C2)oc2ccc(Br)cc12. The molecule has 1 aromatic heterocycles. The monoisotopic (exact) mass is 351 g/mol. The van der Waals surface area contributed by atoms with E-state index in [2.05, 4.69) is 15.9 Å². The zero-order valence-electron chi connectivity index (χ0n) is 12.3. The lowest BCUT2D eigenvalue weighted by atomic mass is 9.83. The molecule has 5 heteroatoms. The lowest BCUT2D eigenvalue weighted by Gasteiger charge is -2.48. The minimum atomic E-state index is -0.765. The van der Waals surface area contributed by atoms with Crippen LogP contribution in [0.3, 0.4) is 0 Å². The molecule has 4 nitrogen and oxygen atoms in total. The standard InChI is InChI=1S/C16H18BrNO3/c1-9(2)16(20)7-18(8-16)15(19)14-10(3)12-6-11(17)4-5-13(12)21-14/h4-6,9,20H,7-8H2,1-3H3. The third-order valence-electron chi connectivity index (χ3n) is 4.38. The van der Waals surface area contributed by atoms with Crippen LogP contribution in [0.4, 0.5) is 0 Å². The molecule has 0 aliphatic carbocycles. The van der Waals surface area contributed by atoms with Gasteiger partial charge >= 0.3 is 0 Å². The number of rotatable bonds is 2. The van der Waals surface area contributed by atoms with E-state index in [4.69, 9.17) is 4.42 Å². The first kappa shape index (κ1) is 14.6. The maximum atomic E-state index is 12.5. The second-order valence-corrected chi connectivity index (χ2v) is 7.03. The van der Waals surface area contributed by atoms with Crippen LogP contribution < -0.4 is 0 Å². The molecule has 0 radical (unpaired) electrons. The number of carbonyl (C=O) groups excluding carboxylic acids is 1. The predicted octanol–water partition coefficient (Wildman–Crippen LogP) is 3.35. The first-order chi connectivity index (χ1) is 9.82. The van der Waals surface area contributed by atoms with Crippen LogP contribution in [0.5, 0.6) is 0 Å². The molecule has 2 aromatic rings. The number of nitrogens with zero attached hydrogens (tertiary/aromatic N) is 1. The highest BCUT2D eigenvalue weighted by Crippen LogP contribution is 2.33. The molecular weight excluding hydrogens is 334 g/mol. The number of fused-ring (bicyclic) bond motifs is 1. The van der Waals surface area contributed by atoms with Gasteiger partial charge in [-0.3, -0.25) is 4.79 Å². The Morgan fingerprint density at radius 2 is 2.10 bits per heavy atom. The molecule has 0 spiro atoms. The van der Waals surface area contributed by atoms with Gasteiger partial charge in [-0.05, 0) is 31.0 Å². The van der Waals surface area contributed by atoms with Crippen molar-refractivity contribution in [2.75, 3.05) is 13.1 Å². The van der Waals surface area contributed by atoms with Gasteiger partial charge in [0.1, 0.15) is 11.2 Å². The molecule has 0 saturated carbocycles. The van der Waals surface area contributed by atoms with Gasteiger partial charge in [-0.2, -0.15) is 0 Å². The van der Waals surface area contributed by atoms with Gasteiger partial charge in [0.25, 0.3) is 5.91 Å². The fourth-order valence-electron chi connectivity index (χ4n) is 2.66. The van der Waals surface area contributed by atoms with E-state index in [1.54, 1.807) is 4.90 Å². The number of aliphatic hydroxyl groups is 1. The minimum absolute atomic E-state index is 0.134. The second kappa shape index (κ2) is 4.85. The first-order valence-corrected chi connectivity index (χ1v) is 7.81. The van der Waals surface area contributed by atoms with Crippen molar-refractivity contribution in [2.45, 2.75) is 26.4 Å².